The van der Waals surface area contributed by atoms with E-state index in [0.717, 1.165) is 17.9 Å². The van der Waals surface area contributed by atoms with Gasteiger partial charge in [0.05, 0.1) is 0 Å². The molecular weight excluding hydrogens is 122 g/mol. The number of hydrogen-bond acceptors (Lipinski definition) is 1. The van der Waals surface area contributed by atoms with Gasteiger partial charge in [0.2, 0.25) is 0 Å². The molecule has 0 saturated carbocycles. The van der Waals surface area contributed by atoms with Crippen molar-refractivity contribution in [2.45, 2.75) is 40.7 Å². The molecule has 1 aliphatic heterocycles. The van der Waals surface area contributed by atoms with Crippen molar-refractivity contribution in [1.82, 2.24) is 5.32 Å². The lowest BCUT2D eigenvalue weighted by molar-refractivity contribution is 0.436. The Kier molecular flexibility index (Phi) is 4.71. The van der Waals surface area contributed by atoms with Crippen LogP contribution in [0.1, 0.15) is 34.6 Å². The molecule has 1 heterocycles. The second kappa shape index (κ2) is 4.73. The van der Waals surface area contributed by atoms with Crippen LogP contribution in [0.3, 0.4) is 0 Å². The molecule has 1 rings (SSSR count). The summed E-state index contributed by atoms with van der Waals surface area (Å²) in [5.74, 6) is 1.75. The van der Waals surface area contributed by atoms with E-state index in [9.17, 15) is 0 Å². The van der Waals surface area contributed by atoms with Gasteiger partial charge in [-0.2, -0.15) is 0 Å². The van der Waals surface area contributed by atoms with Crippen LogP contribution in [0.5, 0.6) is 0 Å². The lowest BCUT2D eigenvalue weighted by Gasteiger charge is -2.10. The molecule has 3 unspecified atom stereocenters. The maximum absolute atomic E-state index is 3.42. The van der Waals surface area contributed by atoms with Gasteiger partial charge in [0, 0.05) is 6.04 Å². The highest BCUT2D eigenvalue weighted by molar-refractivity contribution is 4.81. The molecule has 0 aromatic rings. The fourth-order valence-corrected chi connectivity index (χ4v) is 1.24. The normalized spacial score (nSPS) is 38.7. The average Bonchev–Trinajstić information content (AvgIpc) is 2.25. The summed E-state index contributed by atoms with van der Waals surface area (Å²) in [5.41, 5.74) is 0. The summed E-state index contributed by atoms with van der Waals surface area (Å²) < 4.78 is 0. The molecule has 0 aromatic heterocycles. The fraction of sp³-hybridized carbons (Fsp3) is 1.00. The summed E-state index contributed by atoms with van der Waals surface area (Å²) in [6, 6.07) is 0.741. The smallest absolute Gasteiger partial charge is 0.00674 e. The second-order valence-electron chi connectivity index (χ2n) is 3.03. The molecule has 0 aliphatic carbocycles. The van der Waals surface area contributed by atoms with Crippen molar-refractivity contribution < 1.29 is 0 Å². The van der Waals surface area contributed by atoms with Crippen LogP contribution in [-0.4, -0.2) is 12.6 Å². The molecule has 1 saturated heterocycles. The Morgan fingerprint density at radius 3 is 1.70 bits per heavy atom. The zero-order valence-corrected chi connectivity index (χ0v) is 7.94. The zero-order valence-electron chi connectivity index (χ0n) is 7.94. The Labute approximate surface area is 65.2 Å². The van der Waals surface area contributed by atoms with Gasteiger partial charge < -0.3 is 5.32 Å². The molecule has 1 aliphatic rings. The maximum Gasteiger partial charge on any atom is 0.00674 e. The molecule has 10 heavy (non-hydrogen) atoms. The predicted octanol–water partition coefficient (Wildman–Crippen LogP) is 2.28. The van der Waals surface area contributed by atoms with E-state index >= 15 is 0 Å². The van der Waals surface area contributed by atoms with Crippen LogP contribution >= 0.6 is 0 Å². The number of nitrogens with one attached hydrogen (secondary N) is 1. The lowest BCUT2D eigenvalue weighted by atomic mass is 9.95. The van der Waals surface area contributed by atoms with Gasteiger partial charge in [-0.05, 0) is 25.3 Å². The summed E-state index contributed by atoms with van der Waals surface area (Å²) in [4.78, 5) is 0. The first-order valence-electron chi connectivity index (χ1n) is 4.45. The number of rotatable bonds is 0. The highest BCUT2D eigenvalue weighted by atomic mass is 14.9. The lowest BCUT2D eigenvalue weighted by Crippen LogP contribution is -2.20. The fourth-order valence-electron chi connectivity index (χ4n) is 1.24. The first-order chi connectivity index (χ1) is 4.72. The largest absolute Gasteiger partial charge is 0.314 e. The third kappa shape index (κ3) is 2.30. The summed E-state index contributed by atoms with van der Waals surface area (Å²) in [6.07, 6.45) is 0. The van der Waals surface area contributed by atoms with Gasteiger partial charge in [0.15, 0.2) is 0 Å². The molecule has 0 spiro atoms. The van der Waals surface area contributed by atoms with Crippen LogP contribution in [0.25, 0.3) is 0 Å². The Morgan fingerprint density at radius 1 is 1.10 bits per heavy atom. The Balaban J connectivity index is 0.000000371. The molecule has 1 nitrogen and oxygen atoms in total. The van der Waals surface area contributed by atoms with Crippen LogP contribution in [0, 0.1) is 11.8 Å². The first-order valence-corrected chi connectivity index (χ1v) is 4.45. The van der Waals surface area contributed by atoms with Crippen molar-refractivity contribution in [2.75, 3.05) is 6.54 Å². The van der Waals surface area contributed by atoms with E-state index in [4.69, 9.17) is 0 Å². The molecule has 62 valence electrons. The number of hydrogen-bond donors (Lipinski definition) is 1. The Hall–Kier alpha value is -0.0400. The SMILES string of the molecule is CC.CC1CNC(C)C1C. The zero-order chi connectivity index (χ0) is 8.15. The topological polar surface area (TPSA) is 12.0 Å². The van der Waals surface area contributed by atoms with E-state index in [-0.39, 0.29) is 0 Å². The van der Waals surface area contributed by atoms with E-state index in [1.165, 1.54) is 6.54 Å². The van der Waals surface area contributed by atoms with E-state index in [2.05, 4.69) is 26.1 Å². The van der Waals surface area contributed by atoms with Crippen molar-refractivity contribution in [1.29, 1.82) is 0 Å². The minimum atomic E-state index is 0.741. The van der Waals surface area contributed by atoms with Gasteiger partial charge in [-0.25, -0.2) is 0 Å². The molecule has 3 atom stereocenters. The highest BCUT2D eigenvalue weighted by Crippen LogP contribution is 2.19. The monoisotopic (exact) mass is 143 g/mol. The summed E-state index contributed by atoms with van der Waals surface area (Å²) >= 11 is 0. The summed E-state index contributed by atoms with van der Waals surface area (Å²) in [6.45, 7) is 12.1. The Bertz CT molecular complexity index is 70.8. The van der Waals surface area contributed by atoms with Gasteiger partial charge in [-0.3, -0.25) is 0 Å². The van der Waals surface area contributed by atoms with E-state index in [0.29, 0.717) is 0 Å². The highest BCUT2D eigenvalue weighted by Gasteiger charge is 2.24. The van der Waals surface area contributed by atoms with Gasteiger partial charge in [-0.1, -0.05) is 27.7 Å². The van der Waals surface area contributed by atoms with Gasteiger partial charge in [-0.15, -0.1) is 0 Å². The van der Waals surface area contributed by atoms with Crippen molar-refractivity contribution in [3.8, 4) is 0 Å². The summed E-state index contributed by atoms with van der Waals surface area (Å²) in [5, 5.41) is 3.42. The third-order valence-corrected chi connectivity index (χ3v) is 2.45. The third-order valence-electron chi connectivity index (χ3n) is 2.45. The molecule has 1 heteroatoms. The van der Waals surface area contributed by atoms with E-state index < -0.39 is 0 Å². The Morgan fingerprint density at radius 2 is 1.60 bits per heavy atom. The molecule has 0 radical (unpaired) electrons. The van der Waals surface area contributed by atoms with Crippen LogP contribution in [-0.2, 0) is 0 Å². The van der Waals surface area contributed by atoms with Crippen molar-refractivity contribution in [2.24, 2.45) is 11.8 Å². The molecule has 0 aromatic carbocycles. The van der Waals surface area contributed by atoms with Crippen LogP contribution in [0.4, 0.5) is 0 Å². The second-order valence-corrected chi connectivity index (χ2v) is 3.03. The molecule has 0 bridgehead atoms. The van der Waals surface area contributed by atoms with Gasteiger partial charge in [0.1, 0.15) is 0 Å². The predicted molar refractivity (Wildman–Crippen MR) is 47.1 cm³/mol. The maximum atomic E-state index is 3.42. The summed E-state index contributed by atoms with van der Waals surface area (Å²) in [7, 11) is 0. The minimum absolute atomic E-state index is 0.741. The van der Waals surface area contributed by atoms with Gasteiger partial charge >= 0.3 is 0 Å². The van der Waals surface area contributed by atoms with E-state index in [1.54, 1.807) is 0 Å². The van der Waals surface area contributed by atoms with Crippen LogP contribution in [0.2, 0.25) is 0 Å². The minimum Gasteiger partial charge on any atom is -0.314 e. The molecule has 0 amide bonds. The average molecular weight is 143 g/mol. The van der Waals surface area contributed by atoms with Crippen LogP contribution in [0.15, 0.2) is 0 Å². The van der Waals surface area contributed by atoms with Gasteiger partial charge in [0.25, 0.3) is 0 Å². The van der Waals surface area contributed by atoms with Crippen LogP contribution < -0.4 is 5.32 Å². The van der Waals surface area contributed by atoms with Crippen molar-refractivity contribution in [3.63, 3.8) is 0 Å². The molecule has 1 fully saturated rings. The van der Waals surface area contributed by atoms with Crippen molar-refractivity contribution >= 4 is 0 Å². The first kappa shape index (κ1) is 9.96. The molecular formula is C9H21N. The standard InChI is InChI=1S/C7H15N.C2H6/c1-5-4-8-7(3)6(5)2;1-2/h5-8H,4H2,1-3H3;1-2H3. The van der Waals surface area contributed by atoms with Crippen molar-refractivity contribution in [3.05, 3.63) is 0 Å². The van der Waals surface area contributed by atoms with E-state index in [1.807, 2.05) is 13.8 Å². The quantitative estimate of drug-likeness (QED) is 0.548. The molecule has 1 N–H and O–H groups in total.